The Balaban J connectivity index is 2.61. The van der Waals surface area contributed by atoms with E-state index in [1.165, 1.54) is 5.01 Å². The Hall–Kier alpha value is -0.910. The van der Waals surface area contributed by atoms with Crippen LogP contribution in [0.1, 0.15) is 13.8 Å². The zero-order valence-electron chi connectivity index (χ0n) is 8.52. The molecule has 1 aliphatic heterocycles. The van der Waals surface area contributed by atoms with Gasteiger partial charge < -0.3 is 0 Å². The second-order valence-corrected chi connectivity index (χ2v) is 5.81. The fraction of sp³-hybridized carbons (Fsp3) is 0.750. The highest BCUT2D eigenvalue weighted by atomic mass is 32.2. The van der Waals surface area contributed by atoms with Crippen molar-refractivity contribution in [3.8, 4) is 0 Å². The minimum absolute atomic E-state index is 0.0394. The molecule has 0 radical (unpaired) electrons. The first-order valence-electron chi connectivity index (χ1n) is 4.35. The number of carbonyl (C=O) groups excluding carboxylic acids is 1. The van der Waals surface area contributed by atoms with Crippen LogP contribution in [0.25, 0.3) is 0 Å². The van der Waals surface area contributed by atoms with Crippen LogP contribution in [0, 0.1) is 5.92 Å². The van der Waals surface area contributed by atoms with Gasteiger partial charge in [-0.25, -0.2) is 13.4 Å². The topological polar surface area (TPSA) is 66.8 Å². The summed E-state index contributed by atoms with van der Waals surface area (Å²) in [5.74, 6) is -0.372. The van der Waals surface area contributed by atoms with E-state index in [2.05, 4.69) is 5.10 Å². The summed E-state index contributed by atoms with van der Waals surface area (Å²) in [7, 11) is -3.03. The van der Waals surface area contributed by atoms with E-state index in [1.807, 2.05) is 0 Å². The van der Waals surface area contributed by atoms with Gasteiger partial charge in [-0.15, -0.1) is 0 Å². The minimum atomic E-state index is -3.03. The fourth-order valence-electron chi connectivity index (χ4n) is 1.14. The van der Waals surface area contributed by atoms with E-state index < -0.39 is 9.84 Å². The molecule has 0 N–H and O–H groups in total. The molecule has 5 nitrogen and oxygen atoms in total. The summed E-state index contributed by atoms with van der Waals surface area (Å²) in [6, 6.07) is 0. The largest absolute Gasteiger partial charge is 0.272 e. The van der Waals surface area contributed by atoms with Gasteiger partial charge in [0.1, 0.15) is 9.84 Å². The molecule has 0 fully saturated rings. The lowest BCUT2D eigenvalue weighted by molar-refractivity contribution is -0.131. The zero-order chi connectivity index (χ0) is 10.9. The minimum Gasteiger partial charge on any atom is -0.272 e. The van der Waals surface area contributed by atoms with Gasteiger partial charge in [0.25, 0.3) is 5.91 Å². The molecule has 1 rings (SSSR count). The van der Waals surface area contributed by atoms with Crippen molar-refractivity contribution in [2.45, 2.75) is 13.8 Å². The van der Waals surface area contributed by atoms with Crippen LogP contribution in [0.4, 0.5) is 0 Å². The maximum Gasteiger partial charge on any atom is 0.251 e. The molecule has 14 heavy (non-hydrogen) atoms. The summed E-state index contributed by atoms with van der Waals surface area (Å²) in [5.41, 5.74) is 0.739. The van der Waals surface area contributed by atoms with Crippen LogP contribution in [0.5, 0.6) is 0 Å². The molecule has 1 amide bonds. The lowest BCUT2D eigenvalue weighted by Gasteiger charge is -2.11. The molecule has 1 heterocycles. The molecule has 0 aromatic carbocycles. The normalized spacial score (nSPS) is 22.8. The number of hydrazone groups is 1. The molecule has 6 heteroatoms. The SMILES string of the molecule is CC1=NN(CCS(C)(=O)=O)C(=O)C1C. The monoisotopic (exact) mass is 218 g/mol. The third kappa shape index (κ3) is 2.54. The van der Waals surface area contributed by atoms with E-state index in [1.54, 1.807) is 13.8 Å². The van der Waals surface area contributed by atoms with E-state index >= 15 is 0 Å². The molecular formula is C8H14N2O3S. The zero-order valence-corrected chi connectivity index (χ0v) is 9.34. The molecular weight excluding hydrogens is 204 g/mol. The maximum absolute atomic E-state index is 11.4. The van der Waals surface area contributed by atoms with Crippen molar-refractivity contribution in [1.82, 2.24) is 5.01 Å². The van der Waals surface area contributed by atoms with Crippen molar-refractivity contribution in [3.63, 3.8) is 0 Å². The molecule has 0 saturated heterocycles. The number of carbonyl (C=O) groups is 1. The van der Waals surface area contributed by atoms with Crippen molar-refractivity contribution in [3.05, 3.63) is 0 Å². The molecule has 1 aliphatic rings. The second-order valence-electron chi connectivity index (χ2n) is 3.55. The van der Waals surface area contributed by atoms with Gasteiger partial charge in [0.15, 0.2) is 0 Å². The lowest BCUT2D eigenvalue weighted by atomic mass is 10.1. The Morgan fingerprint density at radius 2 is 2.07 bits per heavy atom. The first kappa shape index (κ1) is 11.2. The maximum atomic E-state index is 11.4. The number of sulfone groups is 1. The summed E-state index contributed by atoms with van der Waals surface area (Å²) >= 11 is 0. The van der Waals surface area contributed by atoms with Crippen molar-refractivity contribution in [1.29, 1.82) is 0 Å². The average Bonchev–Trinajstić information content (AvgIpc) is 2.28. The van der Waals surface area contributed by atoms with Gasteiger partial charge in [-0.3, -0.25) is 4.79 Å². The number of nitrogens with zero attached hydrogens (tertiary/aromatic N) is 2. The van der Waals surface area contributed by atoms with Crippen molar-refractivity contribution < 1.29 is 13.2 Å². The molecule has 80 valence electrons. The van der Waals surface area contributed by atoms with Gasteiger partial charge in [0.05, 0.1) is 18.2 Å². The van der Waals surface area contributed by atoms with Gasteiger partial charge >= 0.3 is 0 Å². The molecule has 0 saturated carbocycles. The number of hydrogen-bond donors (Lipinski definition) is 0. The third-order valence-electron chi connectivity index (χ3n) is 2.20. The Labute approximate surface area is 83.7 Å². The first-order chi connectivity index (χ1) is 6.31. The van der Waals surface area contributed by atoms with Crippen molar-refractivity contribution in [2.75, 3.05) is 18.6 Å². The molecule has 0 aromatic rings. The predicted molar refractivity (Wildman–Crippen MR) is 53.7 cm³/mol. The summed E-state index contributed by atoms with van der Waals surface area (Å²) in [6.07, 6.45) is 1.15. The Kier molecular flexibility index (Phi) is 2.94. The van der Waals surface area contributed by atoms with Gasteiger partial charge in [-0.05, 0) is 13.8 Å². The molecule has 1 atom stereocenters. The van der Waals surface area contributed by atoms with Crippen LogP contribution < -0.4 is 0 Å². The Morgan fingerprint density at radius 3 is 2.43 bits per heavy atom. The van der Waals surface area contributed by atoms with E-state index in [4.69, 9.17) is 0 Å². The molecule has 0 aliphatic carbocycles. The molecule has 0 bridgehead atoms. The summed E-state index contributed by atoms with van der Waals surface area (Å²) < 4.78 is 21.7. The van der Waals surface area contributed by atoms with Crippen LogP contribution in [-0.2, 0) is 14.6 Å². The van der Waals surface area contributed by atoms with Gasteiger partial charge in [0, 0.05) is 12.0 Å². The van der Waals surface area contributed by atoms with Crippen LogP contribution in [0.2, 0.25) is 0 Å². The standard InChI is InChI=1S/C8H14N2O3S/c1-6-7(2)9-10(8(6)11)4-5-14(3,12)13/h6H,4-5H2,1-3H3. The highest BCUT2D eigenvalue weighted by molar-refractivity contribution is 7.90. The van der Waals surface area contributed by atoms with Crippen LogP contribution in [-0.4, -0.2) is 43.6 Å². The van der Waals surface area contributed by atoms with Crippen molar-refractivity contribution in [2.24, 2.45) is 11.0 Å². The average molecular weight is 218 g/mol. The molecule has 0 spiro atoms. The number of amides is 1. The fourth-order valence-corrected chi connectivity index (χ4v) is 1.65. The molecule has 0 aromatic heterocycles. The van der Waals surface area contributed by atoms with Crippen molar-refractivity contribution >= 4 is 21.5 Å². The van der Waals surface area contributed by atoms with E-state index in [0.29, 0.717) is 0 Å². The highest BCUT2D eigenvalue weighted by Crippen LogP contribution is 2.14. The summed E-state index contributed by atoms with van der Waals surface area (Å²) in [4.78, 5) is 11.4. The third-order valence-corrected chi connectivity index (χ3v) is 3.13. The first-order valence-corrected chi connectivity index (χ1v) is 6.41. The lowest BCUT2D eigenvalue weighted by Crippen LogP contribution is -2.29. The van der Waals surface area contributed by atoms with Crippen LogP contribution in [0.15, 0.2) is 5.10 Å². The Bertz CT molecular complexity index is 372. The van der Waals surface area contributed by atoms with E-state index in [0.717, 1.165) is 12.0 Å². The van der Waals surface area contributed by atoms with Crippen LogP contribution in [0.3, 0.4) is 0 Å². The van der Waals surface area contributed by atoms with E-state index in [-0.39, 0.29) is 24.1 Å². The quantitative estimate of drug-likeness (QED) is 0.663. The van der Waals surface area contributed by atoms with E-state index in [9.17, 15) is 13.2 Å². The second kappa shape index (κ2) is 3.68. The van der Waals surface area contributed by atoms with Crippen LogP contribution >= 0.6 is 0 Å². The van der Waals surface area contributed by atoms with Gasteiger partial charge in [-0.2, -0.15) is 5.10 Å². The summed E-state index contributed by atoms with van der Waals surface area (Å²) in [5, 5.41) is 5.23. The highest BCUT2D eigenvalue weighted by Gasteiger charge is 2.29. The molecule has 1 unspecified atom stereocenters. The number of rotatable bonds is 3. The van der Waals surface area contributed by atoms with Gasteiger partial charge in [0.2, 0.25) is 0 Å². The van der Waals surface area contributed by atoms with Gasteiger partial charge in [-0.1, -0.05) is 0 Å². The number of hydrogen-bond acceptors (Lipinski definition) is 4. The summed E-state index contributed by atoms with van der Waals surface area (Å²) in [6.45, 7) is 3.68. The smallest absolute Gasteiger partial charge is 0.251 e. The predicted octanol–water partition coefficient (Wildman–Crippen LogP) is -0.115. The Morgan fingerprint density at radius 1 is 1.50 bits per heavy atom.